The standard InChI is InChI=1S/C16H17N3O4S/c1-8-13(10(3)20)9(2)18-14(8)15(21)11(4)24-16-12(19(22)23)6-5-7-17-16/h5-7,11,18H,1-4H3. The molecule has 0 aliphatic heterocycles. The van der Waals surface area contributed by atoms with Gasteiger partial charge in [-0.15, -0.1) is 0 Å². The fourth-order valence-electron chi connectivity index (χ4n) is 2.56. The molecular weight excluding hydrogens is 330 g/mol. The number of nitrogens with one attached hydrogen (secondary N) is 1. The molecule has 0 saturated heterocycles. The van der Waals surface area contributed by atoms with Crippen molar-refractivity contribution in [1.82, 2.24) is 9.97 Å². The third kappa shape index (κ3) is 3.38. The lowest BCUT2D eigenvalue weighted by Crippen LogP contribution is -2.16. The molecule has 2 aromatic rings. The molecule has 0 saturated carbocycles. The SMILES string of the molecule is CC(=O)c1c(C)[nH]c(C(=O)C(C)Sc2ncccc2[N+](=O)[O-])c1C. The first kappa shape index (κ1) is 17.9. The van der Waals surface area contributed by atoms with Gasteiger partial charge in [0.05, 0.1) is 15.9 Å². The molecule has 0 aliphatic rings. The average molecular weight is 347 g/mol. The molecule has 7 nitrogen and oxygen atoms in total. The van der Waals surface area contributed by atoms with Crippen molar-refractivity contribution in [2.75, 3.05) is 0 Å². The number of pyridine rings is 1. The summed E-state index contributed by atoms with van der Waals surface area (Å²) < 4.78 is 0. The van der Waals surface area contributed by atoms with E-state index in [1.54, 1.807) is 20.8 Å². The van der Waals surface area contributed by atoms with Crippen LogP contribution in [0.4, 0.5) is 5.69 Å². The average Bonchev–Trinajstić information content (AvgIpc) is 2.81. The Morgan fingerprint density at radius 2 is 2.04 bits per heavy atom. The minimum atomic E-state index is -0.588. The number of H-pyrrole nitrogens is 1. The van der Waals surface area contributed by atoms with Gasteiger partial charge in [-0.3, -0.25) is 19.7 Å². The van der Waals surface area contributed by atoms with Crippen LogP contribution < -0.4 is 0 Å². The lowest BCUT2D eigenvalue weighted by molar-refractivity contribution is -0.388. The molecule has 0 amide bonds. The van der Waals surface area contributed by atoms with Crippen molar-refractivity contribution < 1.29 is 14.5 Å². The number of nitro groups is 1. The number of aromatic nitrogens is 2. The highest BCUT2D eigenvalue weighted by molar-refractivity contribution is 8.00. The molecule has 1 N–H and O–H groups in total. The zero-order chi connectivity index (χ0) is 18.0. The summed E-state index contributed by atoms with van der Waals surface area (Å²) in [6, 6.07) is 2.83. The molecule has 8 heteroatoms. The third-order valence-corrected chi connectivity index (χ3v) is 4.75. The summed E-state index contributed by atoms with van der Waals surface area (Å²) in [6.07, 6.45) is 1.45. The van der Waals surface area contributed by atoms with E-state index in [9.17, 15) is 19.7 Å². The summed E-state index contributed by atoms with van der Waals surface area (Å²) >= 11 is 1.03. The number of aromatic amines is 1. The second kappa shape index (κ2) is 6.96. The van der Waals surface area contributed by atoms with Crippen LogP contribution in [0, 0.1) is 24.0 Å². The molecular formula is C16H17N3O4S. The van der Waals surface area contributed by atoms with E-state index < -0.39 is 10.2 Å². The first-order chi connectivity index (χ1) is 11.2. The predicted molar refractivity (Wildman–Crippen MR) is 90.8 cm³/mol. The van der Waals surface area contributed by atoms with Gasteiger partial charge in [0.15, 0.2) is 16.6 Å². The molecule has 0 fully saturated rings. The maximum atomic E-state index is 12.7. The van der Waals surface area contributed by atoms with Crippen LogP contribution in [0.1, 0.15) is 46.0 Å². The second-order valence-electron chi connectivity index (χ2n) is 5.39. The number of ketones is 2. The maximum absolute atomic E-state index is 12.7. The molecule has 0 aromatic carbocycles. The highest BCUT2D eigenvalue weighted by Crippen LogP contribution is 2.32. The van der Waals surface area contributed by atoms with E-state index in [0.29, 0.717) is 22.5 Å². The molecule has 2 heterocycles. The molecule has 126 valence electrons. The van der Waals surface area contributed by atoms with Crippen molar-refractivity contribution in [3.05, 3.63) is 51.0 Å². The lowest BCUT2D eigenvalue weighted by Gasteiger charge is -2.09. The second-order valence-corrected chi connectivity index (χ2v) is 6.72. The zero-order valence-electron chi connectivity index (χ0n) is 13.7. The van der Waals surface area contributed by atoms with Gasteiger partial charge in [-0.25, -0.2) is 4.98 Å². The summed E-state index contributed by atoms with van der Waals surface area (Å²) in [5.41, 5.74) is 1.99. The van der Waals surface area contributed by atoms with Crippen LogP contribution in [0.15, 0.2) is 23.4 Å². The Labute approximate surface area is 143 Å². The molecule has 1 atom stereocenters. The Hall–Kier alpha value is -2.48. The van der Waals surface area contributed by atoms with Crippen molar-refractivity contribution in [3.8, 4) is 0 Å². The Morgan fingerprint density at radius 1 is 1.38 bits per heavy atom. The van der Waals surface area contributed by atoms with Gasteiger partial charge in [0.2, 0.25) is 0 Å². The van der Waals surface area contributed by atoms with E-state index in [4.69, 9.17) is 0 Å². The van der Waals surface area contributed by atoms with Gasteiger partial charge in [-0.1, -0.05) is 11.8 Å². The molecule has 0 radical (unpaired) electrons. The van der Waals surface area contributed by atoms with Crippen molar-refractivity contribution >= 4 is 29.0 Å². The van der Waals surface area contributed by atoms with Crippen LogP contribution in [0.3, 0.4) is 0 Å². The van der Waals surface area contributed by atoms with E-state index in [0.717, 1.165) is 11.8 Å². The van der Waals surface area contributed by atoms with Crippen LogP contribution in [0.25, 0.3) is 0 Å². The summed E-state index contributed by atoms with van der Waals surface area (Å²) in [5, 5.41) is 10.6. The number of thioether (sulfide) groups is 1. The number of nitrogens with zero attached hydrogens (tertiary/aromatic N) is 2. The predicted octanol–water partition coefficient (Wildman–Crippen LogP) is 3.50. The molecule has 0 aliphatic carbocycles. The van der Waals surface area contributed by atoms with Gasteiger partial charge in [0.25, 0.3) is 0 Å². The van der Waals surface area contributed by atoms with Crippen LogP contribution in [-0.2, 0) is 0 Å². The number of rotatable bonds is 6. The number of Topliss-reactive ketones (excluding diaryl/α,β-unsaturated/α-hetero) is 2. The molecule has 2 aromatic heterocycles. The van der Waals surface area contributed by atoms with Crippen molar-refractivity contribution in [2.45, 2.75) is 38.0 Å². The van der Waals surface area contributed by atoms with Gasteiger partial charge >= 0.3 is 5.69 Å². The largest absolute Gasteiger partial charge is 0.355 e. The van der Waals surface area contributed by atoms with Gasteiger partial charge in [-0.2, -0.15) is 0 Å². The minimum Gasteiger partial charge on any atom is -0.355 e. The summed E-state index contributed by atoms with van der Waals surface area (Å²) in [7, 11) is 0. The van der Waals surface area contributed by atoms with Crippen LogP contribution in [0.5, 0.6) is 0 Å². The highest BCUT2D eigenvalue weighted by Gasteiger charge is 2.26. The lowest BCUT2D eigenvalue weighted by atomic mass is 10.0. The number of hydrogen-bond donors (Lipinski definition) is 1. The Balaban J connectivity index is 2.30. The van der Waals surface area contributed by atoms with E-state index in [1.165, 1.54) is 25.3 Å². The molecule has 1 unspecified atom stereocenters. The summed E-state index contributed by atoms with van der Waals surface area (Å²) in [4.78, 5) is 41.8. The Kier molecular flexibility index (Phi) is 5.18. The number of carbonyl (C=O) groups excluding carboxylic acids is 2. The Bertz CT molecular complexity index is 829. The smallest absolute Gasteiger partial charge is 0.301 e. The zero-order valence-corrected chi connectivity index (χ0v) is 14.6. The van der Waals surface area contributed by atoms with Gasteiger partial charge < -0.3 is 4.98 Å². The fourth-order valence-corrected chi connectivity index (χ4v) is 3.51. The van der Waals surface area contributed by atoms with Crippen LogP contribution in [0.2, 0.25) is 0 Å². The van der Waals surface area contributed by atoms with Gasteiger partial charge in [-0.05, 0) is 39.3 Å². The van der Waals surface area contributed by atoms with Crippen LogP contribution >= 0.6 is 11.8 Å². The van der Waals surface area contributed by atoms with Crippen molar-refractivity contribution in [1.29, 1.82) is 0 Å². The van der Waals surface area contributed by atoms with Gasteiger partial charge in [0, 0.05) is 23.5 Å². The van der Waals surface area contributed by atoms with Crippen molar-refractivity contribution in [2.24, 2.45) is 0 Å². The van der Waals surface area contributed by atoms with Crippen LogP contribution in [-0.4, -0.2) is 31.7 Å². The Morgan fingerprint density at radius 3 is 2.58 bits per heavy atom. The highest BCUT2D eigenvalue weighted by atomic mass is 32.2. The molecule has 2 rings (SSSR count). The monoisotopic (exact) mass is 347 g/mol. The number of hydrogen-bond acceptors (Lipinski definition) is 6. The van der Waals surface area contributed by atoms with Crippen molar-refractivity contribution in [3.63, 3.8) is 0 Å². The summed E-state index contributed by atoms with van der Waals surface area (Å²) in [6.45, 7) is 6.57. The molecule has 24 heavy (non-hydrogen) atoms. The maximum Gasteiger partial charge on any atom is 0.301 e. The van der Waals surface area contributed by atoms with E-state index >= 15 is 0 Å². The molecule has 0 spiro atoms. The number of aryl methyl sites for hydroxylation is 1. The van der Waals surface area contributed by atoms with E-state index in [2.05, 4.69) is 9.97 Å². The summed E-state index contributed by atoms with van der Waals surface area (Å²) in [5.74, 6) is -0.339. The first-order valence-electron chi connectivity index (χ1n) is 7.24. The quantitative estimate of drug-likeness (QED) is 0.371. The van der Waals surface area contributed by atoms with E-state index in [-0.39, 0.29) is 22.3 Å². The third-order valence-electron chi connectivity index (χ3n) is 3.64. The fraction of sp³-hybridized carbons (Fsp3) is 0.312. The first-order valence-corrected chi connectivity index (χ1v) is 8.12. The number of carbonyl (C=O) groups is 2. The topological polar surface area (TPSA) is 106 Å². The van der Waals surface area contributed by atoms with Gasteiger partial charge in [0.1, 0.15) is 0 Å². The normalized spacial score (nSPS) is 12.0. The molecule has 0 bridgehead atoms. The minimum absolute atomic E-state index is 0.110. The van der Waals surface area contributed by atoms with E-state index in [1.807, 2.05) is 0 Å².